The van der Waals surface area contributed by atoms with E-state index in [4.69, 9.17) is 4.99 Å². The molecule has 4 rings (SSSR count). The highest BCUT2D eigenvalue weighted by Gasteiger charge is 2.30. The zero-order valence-electron chi connectivity index (χ0n) is 23.0. The van der Waals surface area contributed by atoms with E-state index in [1.807, 2.05) is 136 Å². The highest BCUT2D eigenvalue weighted by molar-refractivity contribution is 6.18. The van der Waals surface area contributed by atoms with Crippen molar-refractivity contribution in [3.8, 4) is 0 Å². The van der Waals surface area contributed by atoms with E-state index >= 15 is 0 Å². The van der Waals surface area contributed by atoms with E-state index in [9.17, 15) is 14.7 Å². The van der Waals surface area contributed by atoms with E-state index in [1.165, 1.54) is 0 Å². The van der Waals surface area contributed by atoms with Crippen molar-refractivity contribution in [3.05, 3.63) is 138 Å². The molecule has 0 fully saturated rings. The number of carboxylic acids is 1. The summed E-state index contributed by atoms with van der Waals surface area (Å²) in [5.41, 5.74) is 3.54. The van der Waals surface area contributed by atoms with E-state index < -0.39 is 17.6 Å². The molecule has 0 aliphatic rings. The first kappa shape index (κ1) is 28.5. The third-order valence-corrected chi connectivity index (χ3v) is 6.76. The van der Waals surface area contributed by atoms with Crippen LogP contribution in [0.3, 0.4) is 0 Å². The van der Waals surface area contributed by atoms with Gasteiger partial charge in [0.15, 0.2) is 6.04 Å². The number of para-hydroxylation sites is 1. The van der Waals surface area contributed by atoms with Gasteiger partial charge in [-0.1, -0.05) is 109 Å². The standard InChI is InChI=1S/C34H35N3O3/c1-24(26-17-9-5-10-18-26)37-34(2,3)33(40)36-29-22-14-13-21-28(29)31(27-19-11-6-12-20-27)35-30(32(38)39)23-25-15-7-4-8-16-25/h4-22,24,30,37H,23H2,1-3H3,(H,36,40)(H,38,39)/t24-,30+/m0/s1. The van der Waals surface area contributed by atoms with Crippen LogP contribution < -0.4 is 10.6 Å². The SMILES string of the molecule is C[C@H](NC(C)(C)C(=O)Nc1ccccc1C(=N[C@H](Cc1ccccc1)C(=O)O)c1ccccc1)c1ccccc1. The number of rotatable bonds is 11. The lowest BCUT2D eigenvalue weighted by Gasteiger charge is -2.30. The number of carboxylic acid groups (broad SMARTS) is 1. The molecule has 0 bridgehead atoms. The van der Waals surface area contributed by atoms with Gasteiger partial charge in [0.05, 0.1) is 16.9 Å². The number of benzene rings is 4. The summed E-state index contributed by atoms with van der Waals surface area (Å²) in [5, 5.41) is 16.6. The van der Waals surface area contributed by atoms with Crippen molar-refractivity contribution < 1.29 is 14.7 Å². The molecule has 0 aliphatic heterocycles. The Morgan fingerprint density at radius 1 is 0.800 bits per heavy atom. The van der Waals surface area contributed by atoms with Crippen LogP contribution in [0.4, 0.5) is 5.69 Å². The third-order valence-electron chi connectivity index (χ3n) is 6.76. The van der Waals surface area contributed by atoms with Gasteiger partial charge in [-0.2, -0.15) is 0 Å². The Kier molecular flexibility index (Phi) is 9.25. The normalized spacial score (nSPS) is 13.3. The predicted octanol–water partition coefficient (Wildman–Crippen LogP) is 6.29. The third kappa shape index (κ3) is 7.30. The Morgan fingerprint density at radius 2 is 1.35 bits per heavy atom. The van der Waals surface area contributed by atoms with Crippen LogP contribution in [0.1, 0.15) is 49.1 Å². The van der Waals surface area contributed by atoms with Gasteiger partial charge in [0.25, 0.3) is 0 Å². The van der Waals surface area contributed by atoms with Crippen molar-refractivity contribution in [2.24, 2.45) is 4.99 Å². The molecule has 40 heavy (non-hydrogen) atoms. The molecule has 4 aromatic rings. The number of anilines is 1. The molecule has 6 heteroatoms. The summed E-state index contributed by atoms with van der Waals surface area (Å²) in [6, 6.07) is 35.2. The van der Waals surface area contributed by atoms with Crippen molar-refractivity contribution >= 4 is 23.3 Å². The van der Waals surface area contributed by atoms with Gasteiger partial charge in [0, 0.05) is 23.6 Å². The van der Waals surface area contributed by atoms with Crippen molar-refractivity contribution in [2.45, 2.75) is 44.8 Å². The van der Waals surface area contributed by atoms with E-state index in [0.717, 1.165) is 16.7 Å². The number of carbonyl (C=O) groups excluding carboxylic acids is 1. The van der Waals surface area contributed by atoms with Crippen LogP contribution in [0.15, 0.2) is 120 Å². The zero-order valence-corrected chi connectivity index (χ0v) is 23.0. The van der Waals surface area contributed by atoms with Crippen molar-refractivity contribution in [2.75, 3.05) is 5.32 Å². The lowest BCUT2D eigenvalue weighted by atomic mass is 9.97. The maximum Gasteiger partial charge on any atom is 0.328 e. The molecule has 0 saturated carbocycles. The van der Waals surface area contributed by atoms with Crippen molar-refractivity contribution in [3.63, 3.8) is 0 Å². The molecule has 204 valence electrons. The molecule has 0 radical (unpaired) electrons. The highest BCUT2D eigenvalue weighted by Crippen LogP contribution is 2.24. The van der Waals surface area contributed by atoms with Gasteiger partial charge in [0.1, 0.15) is 0 Å². The fourth-order valence-electron chi connectivity index (χ4n) is 4.59. The van der Waals surface area contributed by atoms with Gasteiger partial charge in [-0.05, 0) is 38.0 Å². The minimum atomic E-state index is -1.01. The highest BCUT2D eigenvalue weighted by atomic mass is 16.4. The van der Waals surface area contributed by atoms with Gasteiger partial charge >= 0.3 is 5.97 Å². The average Bonchev–Trinajstić information content (AvgIpc) is 2.97. The number of nitrogens with one attached hydrogen (secondary N) is 2. The summed E-state index contributed by atoms with van der Waals surface area (Å²) in [5.74, 6) is -1.23. The van der Waals surface area contributed by atoms with Crippen molar-refractivity contribution in [1.29, 1.82) is 0 Å². The molecule has 0 saturated heterocycles. The number of aliphatic carboxylic acids is 1. The number of hydrogen-bond donors (Lipinski definition) is 3. The van der Waals surface area contributed by atoms with Crippen LogP contribution >= 0.6 is 0 Å². The first-order valence-corrected chi connectivity index (χ1v) is 13.4. The van der Waals surface area contributed by atoms with E-state index in [2.05, 4.69) is 10.6 Å². The van der Waals surface area contributed by atoms with Crippen LogP contribution in [0, 0.1) is 0 Å². The molecule has 1 amide bonds. The largest absolute Gasteiger partial charge is 0.480 e. The molecular formula is C34H35N3O3. The first-order valence-electron chi connectivity index (χ1n) is 13.4. The van der Waals surface area contributed by atoms with Gasteiger partial charge in [-0.15, -0.1) is 0 Å². The Balaban J connectivity index is 1.67. The maximum atomic E-state index is 13.6. The van der Waals surface area contributed by atoms with Gasteiger partial charge in [-0.25, -0.2) is 4.79 Å². The van der Waals surface area contributed by atoms with Gasteiger partial charge < -0.3 is 10.4 Å². The van der Waals surface area contributed by atoms with E-state index in [1.54, 1.807) is 0 Å². The molecule has 6 nitrogen and oxygen atoms in total. The first-order chi connectivity index (χ1) is 19.2. The van der Waals surface area contributed by atoms with Gasteiger partial charge in [-0.3, -0.25) is 15.1 Å². The lowest BCUT2D eigenvalue weighted by molar-refractivity contribution is -0.138. The number of hydrogen-bond acceptors (Lipinski definition) is 4. The van der Waals surface area contributed by atoms with E-state index in [0.29, 0.717) is 17.0 Å². The molecule has 4 aromatic carbocycles. The topological polar surface area (TPSA) is 90.8 Å². The van der Waals surface area contributed by atoms with Crippen LogP contribution in [0.5, 0.6) is 0 Å². The summed E-state index contributed by atoms with van der Waals surface area (Å²) >= 11 is 0. The van der Waals surface area contributed by atoms with E-state index in [-0.39, 0.29) is 18.4 Å². The Labute approximate surface area is 235 Å². The Morgan fingerprint density at radius 3 is 1.98 bits per heavy atom. The van der Waals surface area contributed by atoms with Crippen LogP contribution in [0.25, 0.3) is 0 Å². The van der Waals surface area contributed by atoms with Crippen LogP contribution in [0.2, 0.25) is 0 Å². The minimum Gasteiger partial charge on any atom is -0.480 e. The summed E-state index contributed by atoms with van der Waals surface area (Å²) in [7, 11) is 0. The monoisotopic (exact) mass is 533 g/mol. The molecular weight excluding hydrogens is 498 g/mol. The summed E-state index contributed by atoms with van der Waals surface area (Å²) in [4.78, 5) is 30.7. The molecule has 0 aliphatic carbocycles. The second kappa shape index (κ2) is 13.0. The summed E-state index contributed by atoms with van der Waals surface area (Å²) < 4.78 is 0. The minimum absolute atomic E-state index is 0.0482. The van der Waals surface area contributed by atoms with Crippen molar-refractivity contribution in [1.82, 2.24) is 5.32 Å². The molecule has 0 aromatic heterocycles. The number of carbonyl (C=O) groups is 2. The predicted molar refractivity (Wildman–Crippen MR) is 161 cm³/mol. The number of amides is 1. The molecule has 0 spiro atoms. The molecule has 0 unspecified atom stereocenters. The summed E-state index contributed by atoms with van der Waals surface area (Å²) in [6.45, 7) is 5.71. The van der Waals surface area contributed by atoms with Crippen LogP contribution in [-0.2, 0) is 16.0 Å². The molecule has 0 heterocycles. The number of nitrogens with zero attached hydrogens (tertiary/aromatic N) is 1. The smallest absolute Gasteiger partial charge is 0.328 e. The summed E-state index contributed by atoms with van der Waals surface area (Å²) in [6.07, 6.45) is 0.245. The zero-order chi connectivity index (χ0) is 28.5. The number of aliphatic imine (C=N–C) groups is 1. The molecule has 3 N–H and O–H groups in total. The quantitative estimate of drug-likeness (QED) is 0.198. The Hall–Kier alpha value is -4.55. The lowest BCUT2D eigenvalue weighted by Crippen LogP contribution is -2.50. The molecule has 2 atom stereocenters. The maximum absolute atomic E-state index is 13.6. The van der Waals surface area contributed by atoms with Crippen LogP contribution in [-0.4, -0.2) is 34.3 Å². The average molecular weight is 534 g/mol. The second-order valence-corrected chi connectivity index (χ2v) is 10.3. The fraction of sp³-hybridized carbons (Fsp3) is 0.206. The Bertz CT molecular complexity index is 1450. The fourth-order valence-corrected chi connectivity index (χ4v) is 4.59. The second-order valence-electron chi connectivity index (χ2n) is 10.3. The van der Waals surface area contributed by atoms with Gasteiger partial charge in [0.2, 0.25) is 5.91 Å².